The predicted octanol–water partition coefficient (Wildman–Crippen LogP) is 2.98. The number of hydrogen-bond donors (Lipinski definition) is 0. The van der Waals surface area contributed by atoms with Gasteiger partial charge >= 0.3 is 11.6 Å². The second kappa shape index (κ2) is 5.84. The van der Waals surface area contributed by atoms with E-state index in [-0.39, 0.29) is 17.4 Å². The minimum Gasteiger partial charge on any atom is -0.434 e. The van der Waals surface area contributed by atoms with Gasteiger partial charge < -0.3 is 4.74 Å². The number of benzene rings is 1. The molecule has 2 heterocycles. The number of ether oxygens (including phenoxy) is 1. The lowest BCUT2D eigenvalue weighted by Crippen LogP contribution is -2.05. The van der Waals surface area contributed by atoms with Crippen molar-refractivity contribution in [2.24, 2.45) is 0 Å². The molecule has 23 heavy (non-hydrogen) atoms. The third-order valence-corrected chi connectivity index (χ3v) is 3.39. The van der Waals surface area contributed by atoms with E-state index in [4.69, 9.17) is 4.74 Å². The van der Waals surface area contributed by atoms with E-state index in [1.807, 2.05) is 19.9 Å². The average Bonchev–Trinajstić information content (AvgIpc) is 3.05. The largest absolute Gasteiger partial charge is 0.434 e. The smallest absolute Gasteiger partial charge is 0.374 e. The zero-order valence-electron chi connectivity index (χ0n) is 12.5. The van der Waals surface area contributed by atoms with Crippen LogP contribution in [0.1, 0.15) is 11.1 Å². The molecule has 0 spiro atoms. The normalized spacial score (nSPS) is 10.5. The van der Waals surface area contributed by atoms with Gasteiger partial charge in [0.25, 0.3) is 0 Å². The van der Waals surface area contributed by atoms with Crippen LogP contribution in [0.5, 0.6) is 11.6 Å². The van der Waals surface area contributed by atoms with Crippen LogP contribution in [0.15, 0.2) is 43.2 Å². The summed E-state index contributed by atoms with van der Waals surface area (Å²) in [6.07, 6.45) is 5.72. The van der Waals surface area contributed by atoms with E-state index in [9.17, 15) is 10.1 Å². The highest BCUT2D eigenvalue weighted by molar-refractivity contribution is 5.55. The van der Waals surface area contributed by atoms with Crippen LogP contribution in [0.2, 0.25) is 0 Å². The number of hydrogen-bond acceptors (Lipinski definition) is 6. The molecule has 0 atom stereocenters. The van der Waals surface area contributed by atoms with E-state index in [2.05, 4.69) is 15.0 Å². The van der Waals surface area contributed by atoms with Gasteiger partial charge in [-0.3, -0.25) is 14.7 Å². The Labute approximate surface area is 131 Å². The highest BCUT2D eigenvalue weighted by atomic mass is 16.6. The first-order valence-corrected chi connectivity index (χ1v) is 6.79. The number of nitro groups is 1. The maximum atomic E-state index is 11.5. The molecule has 0 unspecified atom stereocenters. The number of rotatable bonds is 4. The summed E-state index contributed by atoms with van der Waals surface area (Å²) in [6.45, 7) is 3.91. The van der Waals surface area contributed by atoms with Crippen molar-refractivity contribution < 1.29 is 9.66 Å². The quantitative estimate of drug-likeness (QED) is 0.543. The third kappa shape index (κ3) is 2.86. The lowest BCUT2D eigenvalue weighted by Gasteiger charge is -2.09. The maximum Gasteiger partial charge on any atom is 0.374 e. The Hall–Kier alpha value is -3.29. The van der Waals surface area contributed by atoms with Crippen LogP contribution in [0.4, 0.5) is 5.69 Å². The molecule has 0 aliphatic carbocycles. The zero-order chi connectivity index (χ0) is 16.4. The standard InChI is InChI=1S/C15H13N5O3/c1-10-3-4-12(7-11(10)2)23-15-13(20(21)22)14(17-8-18-15)19-6-5-16-9-19/h3-9H,1-2H3. The van der Waals surface area contributed by atoms with Crippen LogP contribution >= 0.6 is 0 Å². The molecule has 0 aliphatic heterocycles. The third-order valence-electron chi connectivity index (χ3n) is 3.39. The minimum atomic E-state index is -0.564. The van der Waals surface area contributed by atoms with Gasteiger partial charge in [0, 0.05) is 12.4 Å². The van der Waals surface area contributed by atoms with Gasteiger partial charge in [-0.1, -0.05) is 6.07 Å². The molecule has 0 saturated heterocycles. The van der Waals surface area contributed by atoms with E-state index in [0.29, 0.717) is 5.75 Å². The van der Waals surface area contributed by atoms with Gasteiger partial charge in [-0.25, -0.2) is 9.97 Å². The number of aryl methyl sites for hydroxylation is 2. The molecule has 8 nitrogen and oxygen atoms in total. The summed E-state index contributed by atoms with van der Waals surface area (Å²) >= 11 is 0. The Kier molecular flexibility index (Phi) is 3.71. The molecular formula is C15H13N5O3. The molecule has 1 aromatic carbocycles. The molecule has 0 saturated carbocycles. The molecule has 0 aliphatic rings. The number of aromatic nitrogens is 4. The second-order valence-corrected chi connectivity index (χ2v) is 4.93. The van der Waals surface area contributed by atoms with Crippen molar-refractivity contribution >= 4 is 5.69 Å². The van der Waals surface area contributed by atoms with E-state index in [1.165, 1.54) is 23.4 Å². The van der Waals surface area contributed by atoms with Crippen molar-refractivity contribution in [2.45, 2.75) is 13.8 Å². The molecule has 0 fully saturated rings. The van der Waals surface area contributed by atoms with Gasteiger partial charge in [-0.05, 0) is 37.1 Å². The fourth-order valence-corrected chi connectivity index (χ4v) is 2.05. The Morgan fingerprint density at radius 2 is 2.04 bits per heavy atom. The monoisotopic (exact) mass is 311 g/mol. The SMILES string of the molecule is Cc1ccc(Oc2ncnc(-n3ccnc3)c2[N+](=O)[O-])cc1C. The highest BCUT2D eigenvalue weighted by Crippen LogP contribution is 2.33. The van der Waals surface area contributed by atoms with Gasteiger partial charge in [0.1, 0.15) is 18.4 Å². The lowest BCUT2D eigenvalue weighted by molar-refractivity contribution is -0.386. The fourth-order valence-electron chi connectivity index (χ4n) is 2.05. The predicted molar refractivity (Wildman–Crippen MR) is 81.8 cm³/mol. The van der Waals surface area contributed by atoms with Crippen molar-refractivity contribution in [1.82, 2.24) is 19.5 Å². The van der Waals surface area contributed by atoms with Gasteiger partial charge in [-0.15, -0.1) is 0 Å². The molecule has 0 N–H and O–H groups in total. The Balaban J connectivity index is 2.07. The summed E-state index contributed by atoms with van der Waals surface area (Å²) < 4.78 is 7.06. The molecule has 3 aromatic rings. The van der Waals surface area contributed by atoms with Crippen LogP contribution < -0.4 is 4.74 Å². The molecule has 0 bridgehead atoms. The average molecular weight is 311 g/mol. The molecule has 0 radical (unpaired) electrons. The summed E-state index contributed by atoms with van der Waals surface area (Å²) in [5.74, 6) is 0.463. The Morgan fingerprint density at radius 1 is 1.22 bits per heavy atom. The van der Waals surface area contributed by atoms with Crippen LogP contribution in [-0.2, 0) is 0 Å². The second-order valence-electron chi connectivity index (χ2n) is 4.93. The van der Waals surface area contributed by atoms with Crippen LogP contribution in [0.3, 0.4) is 0 Å². The van der Waals surface area contributed by atoms with Crippen LogP contribution in [-0.4, -0.2) is 24.4 Å². The van der Waals surface area contributed by atoms with E-state index in [0.717, 1.165) is 11.1 Å². The topological polar surface area (TPSA) is 96.0 Å². The molecular weight excluding hydrogens is 298 g/mol. The summed E-state index contributed by atoms with van der Waals surface area (Å²) in [7, 11) is 0. The fraction of sp³-hybridized carbons (Fsp3) is 0.133. The van der Waals surface area contributed by atoms with Gasteiger partial charge in [-0.2, -0.15) is 4.98 Å². The van der Waals surface area contributed by atoms with Crippen LogP contribution in [0.25, 0.3) is 5.82 Å². The molecule has 2 aromatic heterocycles. The summed E-state index contributed by atoms with van der Waals surface area (Å²) in [6, 6.07) is 5.43. The van der Waals surface area contributed by atoms with Crippen molar-refractivity contribution in [3.05, 3.63) is 64.5 Å². The van der Waals surface area contributed by atoms with Crippen LogP contribution in [0, 0.1) is 24.0 Å². The summed E-state index contributed by atoms with van der Waals surface area (Å²) in [5.41, 5.74) is 1.81. The van der Waals surface area contributed by atoms with Gasteiger partial charge in [0.2, 0.25) is 5.82 Å². The van der Waals surface area contributed by atoms with Gasteiger partial charge in [0.15, 0.2) is 0 Å². The maximum absolute atomic E-state index is 11.5. The molecule has 116 valence electrons. The number of nitrogens with zero attached hydrogens (tertiary/aromatic N) is 5. The van der Waals surface area contributed by atoms with Gasteiger partial charge in [0.05, 0.1) is 4.92 Å². The minimum absolute atomic E-state index is 0.0985. The van der Waals surface area contributed by atoms with Crippen molar-refractivity contribution in [3.63, 3.8) is 0 Å². The summed E-state index contributed by atoms with van der Waals surface area (Å²) in [4.78, 5) is 22.6. The van der Waals surface area contributed by atoms with E-state index >= 15 is 0 Å². The first-order chi connectivity index (χ1) is 11.1. The van der Waals surface area contributed by atoms with E-state index in [1.54, 1.807) is 18.3 Å². The van der Waals surface area contributed by atoms with E-state index < -0.39 is 4.92 Å². The molecule has 3 rings (SSSR count). The summed E-state index contributed by atoms with van der Waals surface area (Å²) in [5, 5.41) is 11.5. The molecule has 8 heteroatoms. The van der Waals surface area contributed by atoms with Crippen molar-refractivity contribution in [3.8, 4) is 17.4 Å². The first kappa shape index (κ1) is 14.6. The number of imidazole rings is 1. The first-order valence-electron chi connectivity index (χ1n) is 6.79. The lowest BCUT2D eigenvalue weighted by atomic mass is 10.1. The zero-order valence-corrected chi connectivity index (χ0v) is 12.5. The van der Waals surface area contributed by atoms with Crippen molar-refractivity contribution in [2.75, 3.05) is 0 Å². The molecule has 0 amide bonds. The van der Waals surface area contributed by atoms with Crippen molar-refractivity contribution in [1.29, 1.82) is 0 Å². The Bertz CT molecular complexity index is 862. The Morgan fingerprint density at radius 3 is 2.70 bits per heavy atom. The highest BCUT2D eigenvalue weighted by Gasteiger charge is 2.26.